The summed E-state index contributed by atoms with van der Waals surface area (Å²) in [6, 6.07) is -1.41. The van der Waals surface area contributed by atoms with Crippen molar-refractivity contribution in [2.75, 3.05) is 20.3 Å². The lowest BCUT2D eigenvalue weighted by Crippen LogP contribution is -2.47. The average Bonchev–Trinajstić information content (AvgIpc) is 2.23. The molecule has 18 heavy (non-hydrogen) atoms. The number of carbonyl (C=O) groups is 2. The number of primary amides is 1. The minimum absolute atomic E-state index is 0.00793. The Balaban J connectivity index is 4.38. The van der Waals surface area contributed by atoms with E-state index in [2.05, 4.69) is 9.46 Å². The highest BCUT2D eigenvalue weighted by Gasteiger charge is 2.23. The van der Waals surface area contributed by atoms with Crippen molar-refractivity contribution in [3.63, 3.8) is 0 Å². The van der Waals surface area contributed by atoms with Gasteiger partial charge >= 0.3 is 5.97 Å². The van der Waals surface area contributed by atoms with Crippen LogP contribution in [0.5, 0.6) is 0 Å². The smallest absolute Gasteiger partial charge is 0.321 e. The summed E-state index contributed by atoms with van der Waals surface area (Å²) >= 11 is 0. The minimum atomic E-state index is -3.96. The summed E-state index contributed by atoms with van der Waals surface area (Å²) in [4.78, 5) is 21.3. The van der Waals surface area contributed by atoms with Crippen molar-refractivity contribution < 1.29 is 27.9 Å². The lowest BCUT2D eigenvalue weighted by molar-refractivity contribution is -0.139. The third-order valence-corrected chi connectivity index (χ3v) is 3.05. The molecule has 0 bridgehead atoms. The monoisotopic (exact) mass is 283 g/mol. The summed E-state index contributed by atoms with van der Waals surface area (Å²) < 4.78 is 31.4. The second-order valence-electron chi connectivity index (χ2n) is 3.40. The Labute approximate surface area is 105 Å². The van der Waals surface area contributed by atoms with Crippen LogP contribution in [0.25, 0.3) is 0 Å². The van der Waals surface area contributed by atoms with Gasteiger partial charge in [0.1, 0.15) is 6.04 Å². The van der Waals surface area contributed by atoms with Crippen molar-refractivity contribution in [2.24, 2.45) is 5.73 Å². The van der Waals surface area contributed by atoms with E-state index in [1.54, 1.807) is 0 Å². The molecule has 0 spiro atoms. The molecule has 106 valence electrons. The van der Waals surface area contributed by atoms with E-state index in [1.807, 2.05) is 4.72 Å². The van der Waals surface area contributed by atoms with Crippen LogP contribution in [0, 0.1) is 0 Å². The number of carboxylic acids is 1. The van der Waals surface area contributed by atoms with Crippen LogP contribution in [0.3, 0.4) is 0 Å². The van der Waals surface area contributed by atoms with E-state index in [-0.39, 0.29) is 26.0 Å². The Morgan fingerprint density at radius 1 is 1.44 bits per heavy atom. The number of carboxylic acid groups (broad SMARTS) is 1. The predicted octanol–water partition coefficient (Wildman–Crippen LogP) is -2.22. The first-order valence-electron chi connectivity index (χ1n) is 5.05. The fourth-order valence-corrected chi connectivity index (χ4v) is 2.06. The van der Waals surface area contributed by atoms with E-state index in [1.165, 1.54) is 7.11 Å². The van der Waals surface area contributed by atoms with Gasteiger partial charge in [-0.25, -0.2) is 0 Å². The maximum Gasteiger partial charge on any atom is 0.321 e. The Bertz CT molecular complexity index is 382. The van der Waals surface area contributed by atoms with Crippen molar-refractivity contribution in [3.8, 4) is 0 Å². The number of aliphatic carboxylic acids is 1. The highest BCUT2D eigenvalue weighted by molar-refractivity contribution is 7.87. The van der Waals surface area contributed by atoms with Crippen LogP contribution in [-0.2, 0) is 24.5 Å². The van der Waals surface area contributed by atoms with Crippen LogP contribution in [0.4, 0.5) is 0 Å². The zero-order chi connectivity index (χ0) is 14.2. The van der Waals surface area contributed by atoms with E-state index in [0.29, 0.717) is 0 Å². The molecule has 0 unspecified atom stereocenters. The van der Waals surface area contributed by atoms with E-state index >= 15 is 0 Å². The number of hydrogen-bond acceptors (Lipinski definition) is 5. The molecule has 0 aliphatic heterocycles. The lowest BCUT2D eigenvalue weighted by Gasteiger charge is -2.14. The Morgan fingerprint density at radius 3 is 2.50 bits per heavy atom. The van der Waals surface area contributed by atoms with Gasteiger partial charge in [0.15, 0.2) is 0 Å². The number of ether oxygens (including phenoxy) is 1. The van der Waals surface area contributed by atoms with Crippen LogP contribution in [0.1, 0.15) is 12.8 Å². The Hall–Kier alpha value is -1.23. The zero-order valence-corrected chi connectivity index (χ0v) is 10.7. The molecule has 9 nitrogen and oxygen atoms in total. The number of hydrogen-bond donors (Lipinski definition) is 4. The average molecular weight is 283 g/mol. The largest absolute Gasteiger partial charge is 0.480 e. The molecule has 0 rings (SSSR count). The summed E-state index contributed by atoms with van der Waals surface area (Å²) in [6.07, 6.45) is -0.437. The first-order chi connectivity index (χ1) is 8.28. The Kier molecular flexibility index (Phi) is 7.43. The molecule has 0 aromatic carbocycles. The first kappa shape index (κ1) is 16.8. The van der Waals surface area contributed by atoms with E-state index < -0.39 is 28.1 Å². The quantitative estimate of drug-likeness (QED) is 0.334. The third-order valence-electron chi connectivity index (χ3n) is 1.87. The van der Waals surface area contributed by atoms with Gasteiger partial charge in [0.05, 0.1) is 6.61 Å². The van der Waals surface area contributed by atoms with E-state index in [0.717, 1.165) is 0 Å². The second kappa shape index (κ2) is 7.97. The fraction of sp³-hybridized carbons (Fsp3) is 0.750. The molecule has 1 amide bonds. The molecule has 0 fully saturated rings. The molecule has 0 radical (unpaired) electrons. The molecular formula is C8H17N3O6S. The standard InChI is InChI=1S/C8H17N3O6S/c1-17-5-4-10-18(15,16)11-6(8(13)14)2-3-7(9)12/h6,10-11H,2-5H2,1H3,(H2,9,12)(H,13,14)/t6-/m1/s1. The van der Waals surface area contributed by atoms with Gasteiger partial charge in [-0.3, -0.25) is 9.59 Å². The summed E-state index contributed by atoms with van der Waals surface area (Å²) in [5, 5.41) is 8.79. The van der Waals surface area contributed by atoms with Gasteiger partial charge in [-0.15, -0.1) is 0 Å². The van der Waals surface area contributed by atoms with Crippen molar-refractivity contribution in [2.45, 2.75) is 18.9 Å². The number of amides is 1. The molecule has 1 atom stereocenters. The van der Waals surface area contributed by atoms with Crippen LogP contribution in [0.2, 0.25) is 0 Å². The zero-order valence-electron chi connectivity index (χ0n) is 9.88. The molecule has 0 saturated carbocycles. The van der Waals surface area contributed by atoms with Crippen LogP contribution in [-0.4, -0.2) is 51.7 Å². The molecule has 0 aliphatic carbocycles. The molecule has 10 heteroatoms. The highest BCUT2D eigenvalue weighted by atomic mass is 32.2. The Morgan fingerprint density at radius 2 is 2.06 bits per heavy atom. The molecule has 5 N–H and O–H groups in total. The molecular weight excluding hydrogens is 266 g/mol. The molecule has 0 aromatic heterocycles. The SMILES string of the molecule is COCCNS(=O)(=O)N[C@H](CCC(N)=O)C(=O)O. The van der Waals surface area contributed by atoms with Crippen molar-refractivity contribution in [1.29, 1.82) is 0 Å². The molecule has 0 heterocycles. The summed E-state index contributed by atoms with van der Waals surface area (Å²) in [5.74, 6) is -2.08. The topological polar surface area (TPSA) is 148 Å². The maximum atomic E-state index is 11.4. The van der Waals surface area contributed by atoms with Crippen LogP contribution >= 0.6 is 0 Å². The number of nitrogens with two attached hydrogens (primary N) is 1. The van der Waals surface area contributed by atoms with Gasteiger partial charge in [0, 0.05) is 20.1 Å². The number of carbonyl (C=O) groups excluding carboxylic acids is 1. The first-order valence-corrected chi connectivity index (χ1v) is 6.53. The summed E-state index contributed by atoms with van der Waals surface area (Å²) in [6.45, 7) is 0.161. The molecule has 0 aliphatic rings. The number of nitrogens with one attached hydrogen (secondary N) is 2. The fourth-order valence-electron chi connectivity index (χ4n) is 1.03. The van der Waals surface area contributed by atoms with Crippen molar-refractivity contribution >= 4 is 22.1 Å². The van der Waals surface area contributed by atoms with Crippen LogP contribution in [0.15, 0.2) is 0 Å². The lowest BCUT2D eigenvalue weighted by atomic mass is 10.2. The summed E-state index contributed by atoms with van der Waals surface area (Å²) in [7, 11) is -2.56. The van der Waals surface area contributed by atoms with Gasteiger partial charge < -0.3 is 15.6 Å². The molecule has 0 saturated heterocycles. The van der Waals surface area contributed by atoms with Gasteiger partial charge in [0.2, 0.25) is 5.91 Å². The van der Waals surface area contributed by atoms with Crippen LogP contribution < -0.4 is 15.2 Å². The number of rotatable bonds is 10. The maximum absolute atomic E-state index is 11.4. The summed E-state index contributed by atoms with van der Waals surface area (Å²) in [5.41, 5.74) is 4.86. The molecule has 0 aromatic rings. The van der Waals surface area contributed by atoms with Gasteiger partial charge in [0.25, 0.3) is 10.2 Å². The third kappa shape index (κ3) is 7.95. The van der Waals surface area contributed by atoms with Crippen molar-refractivity contribution in [3.05, 3.63) is 0 Å². The van der Waals surface area contributed by atoms with E-state index in [9.17, 15) is 18.0 Å². The second-order valence-corrected chi connectivity index (χ2v) is 4.94. The van der Waals surface area contributed by atoms with E-state index in [4.69, 9.17) is 10.8 Å². The van der Waals surface area contributed by atoms with Crippen molar-refractivity contribution in [1.82, 2.24) is 9.44 Å². The predicted molar refractivity (Wildman–Crippen MR) is 61.8 cm³/mol. The van der Waals surface area contributed by atoms with Gasteiger partial charge in [-0.1, -0.05) is 0 Å². The van der Waals surface area contributed by atoms with Gasteiger partial charge in [-0.05, 0) is 6.42 Å². The van der Waals surface area contributed by atoms with Gasteiger partial charge in [-0.2, -0.15) is 17.9 Å². The number of methoxy groups -OCH3 is 1. The minimum Gasteiger partial charge on any atom is -0.480 e. The normalized spacial score (nSPS) is 13.2. The highest BCUT2D eigenvalue weighted by Crippen LogP contribution is 1.99.